The molecule has 0 fully saturated rings. The Hall–Kier alpha value is -3.45. The standard InChI is InChI=1S/C22H16FNO2/c1-15(25)20-11-10-19(12-22(20)23)26-14-16-6-8-17(9-7-16)21-5-3-2-4-18(21)13-24/h2-12H,14H2,1H3. The Morgan fingerprint density at radius 2 is 1.81 bits per heavy atom. The zero-order valence-corrected chi connectivity index (χ0v) is 14.2. The average molecular weight is 345 g/mol. The first-order valence-corrected chi connectivity index (χ1v) is 8.10. The Bertz CT molecular complexity index is 988. The molecule has 128 valence electrons. The number of nitriles is 1. The van der Waals surface area contributed by atoms with Gasteiger partial charge in [-0.1, -0.05) is 42.5 Å². The van der Waals surface area contributed by atoms with E-state index in [0.717, 1.165) is 16.7 Å². The molecule has 0 saturated carbocycles. The topological polar surface area (TPSA) is 50.1 Å². The maximum Gasteiger partial charge on any atom is 0.162 e. The molecule has 0 aromatic heterocycles. The van der Waals surface area contributed by atoms with Crippen LogP contribution in [0.25, 0.3) is 11.1 Å². The second kappa shape index (κ2) is 7.62. The van der Waals surface area contributed by atoms with E-state index < -0.39 is 5.82 Å². The van der Waals surface area contributed by atoms with Gasteiger partial charge in [-0.25, -0.2) is 4.39 Å². The molecule has 3 rings (SSSR count). The van der Waals surface area contributed by atoms with Crippen LogP contribution in [0.5, 0.6) is 5.75 Å². The van der Waals surface area contributed by atoms with Gasteiger partial charge in [0.2, 0.25) is 0 Å². The van der Waals surface area contributed by atoms with Crippen molar-refractivity contribution in [2.45, 2.75) is 13.5 Å². The average Bonchev–Trinajstić information content (AvgIpc) is 2.66. The first kappa shape index (κ1) is 17.4. The van der Waals surface area contributed by atoms with Crippen molar-refractivity contribution in [1.82, 2.24) is 0 Å². The number of halogens is 1. The Morgan fingerprint density at radius 1 is 1.08 bits per heavy atom. The van der Waals surface area contributed by atoms with E-state index >= 15 is 0 Å². The van der Waals surface area contributed by atoms with Gasteiger partial charge in [-0.15, -0.1) is 0 Å². The van der Waals surface area contributed by atoms with Gasteiger partial charge < -0.3 is 4.74 Å². The van der Waals surface area contributed by atoms with Gasteiger partial charge >= 0.3 is 0 Å². The summed E-state index contributed by atoms with van der Waals surface area (Å²) in [5, 5.41) is 9.20. The zero-order chi connectivity index (χ0) is 18.5. The lowest BCUT2D eigenvalue weighted by Gasteiger charge is -2.09. The fraction of sp³-hybridized carbons (Fsp3) is 0.0909. The summed E-state index contributed by atoms with van der Waals surface area (Å²) >= 11 is 0. The molecule has 0 N–H and O–H groups in total. The third-order valence-electron chi connectivity index (χ3n) is 4.04. The Balaban J connectivity index is 1.71. The van der Waals surface area contributed by atoms with E-state index in [-0.39, 0.29) is 18.0 Å². The highest BCUT2D eigenvalue weighted by Gasteiger charge is 2.09. The van der Waals surface area contributed by atoms with E-state index in [9.17, 15) is 14.4 Å². The Morgan fingerprint density at radius 3 is 2.46 bits per heavy atom. The number of nitrogens with zero attached hydrogens (tertiary/aromatic N) is 1. The van der Waals surface area contributed by atoms with Gasteiger partial charge in [-0.05, 0) is 41.8 Å². The maximum atomic E-state index is 13.8. The molecule has 3 nitrogen and oxygen atoms in total. The third kappa shape index (κ3) is 3.79. The predicted octanol–water partition coefficient (Wildman–Crippen LogP) is 5.15. The lowest BCUT2D eigenvalue weighted by atomic mass is 9.99. The molecule has 0 heterocycles. The molecule has 0 radical (unpaired) electrons. The Kier molecular flexibility index (Phi) is 5.09. The number of carbonyl (C=O) groups excluding carboxylic acids is 1. The quantitative estimate of drug-likeness (QED) is 0.601. The van der Waals surface area contributed by atoms with Crippen molar-refractivity contribution in [3.63, 3.8) is 0 Å². The maximum absolute atomic E-state index is 13.8. The van der Waals surface area contributed by atoms with Crippen LogP contribution in [0.2, 0.25) is 0 Å². The largest absolute Gasteiger partial charge is 0.489 e. The molecule has 0 amide bonds. The van der Waals surface area contributed by atoms with Crippen LogP contribution in [-0.2, 0) is 6.61 Å². The lowest BCUT2D eigenvalue weighted by Crippen LogP contribution is -2.00. The highest BCUT2D eigenvalue weighted by molar-refractivity contribution is 5.94. The van der Waals surface area contributed by atoms with E-state index in [4.69, 9.17) is 4.74 Å². The van der Waals surface area contributed by atoms with Crippen LogP contribution >= 0.6 is 0 Å². The van der Waals surface area contributed by atoms with Crippen molar-refractivity contribution in [1.29, 1.82) is 5.26 Å². The number of ketones is 1. The first-order valence-electron chi connectivity index (χ1n) is 8.10. The SMILES string of the molecule is CC(=O)c1ccc(OCc2ccc(-c3ccccc3C#N)cc2)cc1F. The number of rotatable bonds is 5. The van der Waals surface area contributed by atoms with Gasteiger partial charge in [0, 0.05) is 6.07 Å². The van der Waals surface area contributed by atoms with Crippen LogP contribution in [0.15, 0.2) is 66.7 Å². The molecule has 0 saturated heterocycles. The van der Waals surface area contributed by atoms with Gasteiger partial charge in [0.05, 0.1) is 17.2 Å². The van der Waals surface area contributed by atoms with Crippen LogP contribution in [0.1, 0.15) is 28.4 Å². The van der Waals surface area contributed by atoms with Crippen LogP contribution in [-0.4, -0.2) is 5.78 Å². The molecule has 26 heavy (non-hydrogen) atoms. The van der Waals surface area contributed by atoms with Gasteiger partial charge in [-0.2, -0.15) is 5.26 Å². The van der Waals surface area contributed by atoms with E-state index in [2.05, 4.69) is 6.07 Å². The molecule has 3 aromatic rings. The summed E-state index contributed by atoms with van der Waals surface area (Å²) in [6, 6.07) is 21.5. The summed E-state index contributed by atoms with van der Waals surface area (Å²) in [7, 11) is 0. The lowest BCUT2D eigenvalue weighted by molar-refractivity contribution is 0.101. The van der Waals surface area contributed by atoms with Gasteiger partial charge in [-0.3, -0.25) is 4.79 Å². The molecule has 0 unspecified atom stereocenters. The highest BCUT2D eigenvalue weighted by atomic mass is 19.1. The van der Waals surface area contributed by atoms with Crippen molar-refractivity contribution in [3.05, 3.63) is 89.2 Å². The molecule has 0 aliphatic heterocycles. The van der Waals surface area contributed by atoms with Crippen LogP contribution < -0.4 is 4.74 Å². The van der Waals surface area contributed by atoms with E-state index in [1.807, 2.05) is 42.5 Å². The molecule has 0 spiro atoms. The molecule has 0 bridgehead atoms. The molecule has 0 atom stereocenters. The number of hydrogen-bond donors (Lipinski definition) is 0. The number of carbonyl (C=O) groups is 1. The summed E-state index contributed by atoms with van der Waals surface area (Å²) in [4.78, 5) is 11.3. The first-order chi connectivity index (χ1) is 12.6. The van der Waals surface area contributed by atoms with Crippen LogP contribution in [0.4, 0.5) is 4.39 Å². The molecule has 0 aliphatic carbocycles. The smallest absolute Gasteiger partial charge is 0.162 e. The van der Waals surface area contributed by atoms with Gasteiger partial charge in [0.25, 0.3) is 0 Å². The molecular formula is C22H16FNO2. The zero-order valence-electron chi connectivity index (χ0n) is 14.2. The summed E-state index contributed by atoms with van der Waals surface area (Å²) in [5.41, 5.74) is 3.42. The highest BCUT2D eigenvalue weighted by Crippen LogP contribution is 2.24. The number of Topliss-reactive ketones (excluding diaryl/α,β-unsaturated/α-hetero) is 1. The van der Waals surface area contributed by atoms with Crippen molar-refractivity contribution in [2.24, 2.45) is 0 Å². The summed E-state index contributed by atoms with van der Waals surface area (Å²) < 4.78 is 19.4. The monoisotopic (exact) mass is 345 g/mol. The van der Waals surface area contributed by atoms with E-state index in [0.29, 0.717) is 11.3 Å². The van der Waals surface area contributed by atoms with Gasteiger partial charge in [0.1, 0.15) is 18.2 Å². The molecule has 3 aromatic carbocycles. The summed E-state index contributed by atoms with van der Waals surface area (Å²) in [5.74, 6) is -0.535. The predicted molar refractivity (Wildman–Crippen MR) is 97.3 cm³/mol. The Labute approximate surface area is 151 Å². The molecular weight excluding hydrogens is 329 g/mol. The number of ether oxygens (including phenoxy) is 1. The van der Waals surface area contributed by atoms with Crippen molar-refractivity contribution >= 4 is 5.78 Å². The van der Waals surface area contributed by atoms with Crippen LogP contribution in [0, 0.1) is 17.1 Å². The third-order valence-corrected chi connectivity index (χ3v) is 4.04. The van der Waals surface area contributed by atoms with Crippen LogP contribution in [0.3, 0.4) is 0 Å². The van der Waals surface area contributed by atoms with E-state index in [1.54, 1.807) is 12.1 Å². The summed E-state index contributed by atoms with van der Waals surface area (Å²) in [6.45, 7) is 1.60. The molecule has 0 aliphatic rings. The fourth-order valence-electron chi connectivity index (χ4n) is 2.65. The van der Waals surface area contributed by atoms with Crippen molar-refractivity contribution < 1.29 is 13.9 Å². The second-order valence-electron chi connectivity index (χ2n) is 5.84. The fourth-order valence-corrected chi connectivity index (χ4v) is 2.65. The summed E-state index contributed by atoms with van der Waals surface area (Å²) in [6.07, 6.45) is 0. The van der Waals surface area contributed by atoms with E-state index in [1.165, 1.54) is 19.1 Å². The van der Waals surface area contributed by atoms with Crippen molar-refractivity contribution in [3.8, 4) is 22.9 Å². The van der Waals surface area contributed by atoms with Crippen molar-refractivity contribution in [2.75, 3.05) is 0 Å². The minimum Gasteiger partial charge on any atom is -0.489 e. The minimum absolute atomic E-state index is 0.0536. The normalized spacial score (nSPS) is 10.2. The second-order valence-corrected chi connectivity index (χ2v) is 5.84. The van der Waals surface area contributed by atoms with Gasteiger partial charge in [0.15, 0.2) is 5.78 Å². The molecule has 4 heteroatoms. The number of hydrogen-bond acceptors (Lipinski definition) is 3. The minimum atomic E-state index is -0.585. The number of benzene rings is 3.